The highest BCUT2D eigenvalue weighted by atomic mass is 16.6. The number of ether oxygens (including phenoxy) is 3. The average Bonchev–Trinajstić information content (AvgIpc) is 3.30. The number of rotatable bonds is 45. The van der Waals surface area contributed by atoms with Crippen molar-refractivity contribution in [3.63, 3.8) is 0 Å². The molecule has 0 bridgehead atoms. The second-order valence-corrected chi connectivity index (χ2v) is 16.7. The standard InChI is InChI=1S/C59H94O6/c1-4-7-10-13-16-19-21-23-25-27-29-31-33-35-37-40-43-46-49-52-58(61)64-55-56(54-63-57(60)51-48-45-42-39-18-15-12-9-6-3)65-59(62)53-50-47-44-41-38-36-34-32-30-28-26-24-22-20-17-14-11-8-5-2/h7-8,10-11,16-17,19-20,23-26,29,31,35,37,39,42-43,46,56H,4-6,9,12-15,18,21-22,27-28,30,32-34,36,38,40-41,44-45,47-55H2,1-3H3/b10-7-,11-8-,19-16-,20-17-,25-23-,26-24-,31-29-,37-35-,42-39-,46-43-. The number of carbonyl (C=O) groups excluding carboxylic acids is 3. The lowest BCUT2D eigenvalue weighted by Crippen LogP contribution is -2.30. The number of hydrogen-bond donors (Lipinski definition) is 0. The third-order valence-corrected chi connectivity index (χ3v) is 10.4. The molecule has 1 unspecified atom stereocenters. The molecule has 6 heteroatoms. The Hall–Kier alpha value is -4.19. The first-order valence-electron chi connectivity index (χ1n) is 26.0. The lowest BCUT2D eigenvalue weighted by atomic mass is 10.1. The molecular formula is C59H94O6. The molecule has 65 heavy (non-hydrogen) atoms. The van der Waals surface area contributed by atoms with Crippen LogP contribution in [0, 0.1) is 0 Å². The van der Waals surface area contributed by atoms with Crippen molar-refractivity contribution in [2.45, 2.75) is 219 Å². The van der Waals surface area contributed by atoms with Crippen molar-refractivity contribution < 1.29 is 28.6 Å². The largest absolute Gasteiger partial charge is 0.462 e. The van der Waals surface area contributed by atoms with Crippen molar-refractivity contribution in [2.75, 3.05) is 13.2 Å². The van der Waals surface area contributed by atoms with Gasteiger partial charge in [0.2, 0.25) is 0 Å². The zero-order valence-corrected chi connectivity index (χ0v) is 41.7. The van der Waals surface area contributed by atoms with Gasteiger partial charge in [0.25, 0.3) is 0 Å². The number of carbonyl (C=O) groups is 3. The minimum Gasteiger partial charge on any atom is -0.462 e. The predicted molar refractivity (Wildman–Crippen MR) is 279 cm³/mol. The van der Waals surface area contributed by atoms with Crippen molar-refractivity contribution in [2.24, 2.45) is 0 Å². The van der Waals surface area contributed by atoms with E-state index in [4.69, 9.17) is 14.2 Å². The molecule has 1 atom stereocenters. The zero-order chi connectivity index (χ0) is 47.2. The number of esters is 3. The monoisotopic (exact) mass is 899 g/mol. The van der Waals surface area contributed by atoms with E-state index < -0.39 is 6.10 Å². The van der Waals surface area contributed by atoms with Gasteiger partial charge in [-0.15, -0.1) is 0 Å². The van der Waals surface area contributed by atoms with Crippen molar-refractivity contribution in [3.8, 4) is 0 Å². The summed E-state index contributed by atoms with van der Waals surface area (Å²) in [5.74, 6) is -1.05. The summed E-state index contributed by atoms with van der Waals surface area (Å²) in [6.07, 6.45) is 72.1. The van der Waals surface area contributed by atoms with Crippen LogP contribution in [0.4, 0.5) is 0 Å². The van der Waals surface area contributed by atoms with Crippen LogP contribution in [-0.4, -0.2) is 37.2 Å². The summed E-state index contributed by atoms with van der Waals surface area (Å²) in [6, 6.07) is 0. The summed E-state index contributed by atoms with van der Waals surface area (Å²) >= 11 is 0. The molecule has 0 amide bonds. The Labute approximate surface area is 399 Å². The van der Waals surface area contributed by atoms with Gasteiger partial charge >= 0.3 is 17.9 Å². The molecule has 0 spiro atoms. The Bertz CT molecular complexity index is 1400. The van der Waals surface area contributed by atoms with Crippen LogP contribution in [0.5, 0.6) is 0 Å². The Morgan fingerprint density at radius 1 is 0.323 bits per heavy atom. The Morgan fingerprint density at radius 2 is 0.646 bits per heavy atom. The van der Waals surface area contributed by atoms with E-state index >= 15 is 0 Å². The quantitative estimate of drug-likeness (QED) is 0.0262. The van der Waals surface area contributed by atoms with Gasteiger partial charge in [0, 0.05) is 19.3 Å². The molecule has 0 rings (SSSR count). The second kappa shape index (κ2) is 52.4. The van der Waals surface area contributed by atoms with E-state index in [9.17, 15) is 14.4 Å². The van der Waals surface area contributed by atoms with E-state index in [0.29, 0.717) is 25.7 Å². The van der Waals surface area contributed by atoms with E-state index in [1.807, 2.05) is 12.2 Å². The first kappa shape index (κ1) is 60.8. The Balaban J connectivity index is 4.47. The predicted octanol–water partition coefficient (Wildman–Crippen LogP) is 17.3. The SMILES string of the molecule is CC/C=C\C/C=C\C/C=C\C/C=C\C/C=C\C/C=C\CCC(=O)OCC(COC(=O)CCC/C=C\CCCCCC)OC(=O)CCCCCCCCCCC/C=C\C/C=C\C/C=C\CC. The minimum atomic E-state index is -0.824. The van der Waals surface area contributed by atoms with E-state index in [-0.39, 0.29) is 37.5 Å². The highest BCUT2D eigenvalue weighted by Crippen LogP contribution is 2.13. The Kier molecular flexibility index (Phi) is 49.1. The fraction of sp³-hybridized carbons (Fsp3) is 0.610. The van der Waals surface area contributed by atoms with Gasteiger partial charge in [-0.2, -0.15) is 0 Å². The number of allylic oxidation sites excluding steroid dienone is 20. The molecule has 0 aliphatic carbocycles. The molecule has 366 valence electrons. The summed E-state index contributed by atoms with van der Waals surface area (Å²) < 4.78 is 16.7. The molecule has 0 saturated heterocycles. The fourth-order valence-electron chi connectivity index (χ4n) is 6.60. The van der Waals surface area contributed by atoms with Gasteiger partial charge in [0.1, 0.15) is 13.2 Å². The molecule has 0 fully saturated rings. The highest BCUT2D eigenvalue weighted by Gasteiger charge is 2.19. The van der Waals surface area contributed by atoms with Gasteiger partial charge in [-0.1, -0.05) is 206 Å². The van der Waals surface area contributed by atoms with E-state index in [0.717, 1.165) is 96.3 Å². The van der Waals surface area contributed by atoms with Gasteiger partial charge in [-0.25, -0.2) is 0 Å². The lowest BCUT2D eigenvalue weighted by Gasteiger charge is -2.18. The third kappa shape index (κ3) is 50.7. The molecule has 0 aromatic rings. The zero-order valence-electron chi connectivity index (χ0n) is 41.7. The number of unbranched alkanes of at least 4 members (excludes halogenated alkanes) is 14. The van der Waals surface area contributed by atoms with Crippen LogP contribution >= 0.6 is 0 Å². The molecular weight excluding hydrogens is 805 g/mol. The average molecular weight is 899 g/mol. The maximum Gasteiger partial charge on any atom is 0.306 e. The van der Waals surface area contributed by atoms with Crippen molar-refractivity contribution in [3.05, 3.63) is 122 Å². The molecule has 0 aromatic heterocycles. The lowest BCUT2D eigenvalue weighted by molar-refractivity contribution is -0.166. The van der Waals surface area contributed by atoms with E-state index in [2.05, 4.69) is 130 Å². The normalized spacial score (nSPS) is 13.1. The van der Waals surface area contributed by atoms with Crippen molar-refractivity contribution in [1.29, 1.82) is 0 Å². The first-order valence-corrected chi connectivity index (χ1v) is 26.0. The van der Waals surface area contributed by atoms with Crippen LogP contribution in [0.1, 0.15) is 213 Å². The minimum absolute atomic E-state index is 0.122. The summed E-state index contributed by atoms with van der Waals surface area (Å²) in [4.78, 5) is 37.9. The molecule has 0 aliphatic heterocycles. The molecule has 0 heterocycles. The highest BCUT2D eigenvalue weighted by molar-refractivity contribution is 5.71. The molecule has 6 nitrogen and oxygen atoms in total. The van der Waals surface area contributed by atoms with Gasteiger partial charge in [0.15, 0.2) is 6.10 Å². The van der Waals surface area contributed by atoms with Gasteiger partial charge in [-0.3, -0.25) is 14.4 Å². The van der Waals surface area contributed by atoms with E-state index in [1.54, 1.807) is 0 Å². The smallest absolute Gasteiger partial charge is 0.306 e. The van der Waals surface area contributed by atoms with Crippen LogP contribution < -0.4 is 0 Å². The molecule has 0 radical (unpaired) electrons. The van der Waals surface area contributed by atoms with E-state index in [1.165, 1.54) is 64.2 Å². The maximum absolute atomic E-state index is 12.8. The van der Waals surface area contributed by atoms with Crippen LogP contribution in [0.3, 0.4) is 0 Å². The maximum atomic E-state index is 12.8. The van der Waals surface area contributed by atoms with Crippen LogP contribution in [-0.2, 0) is 28.6 Å². The van der Waals surface area contributed by atoms with Gasteiger partial charge in [-0.05, 0) is 109 Å². The van der Waals surface area contributed by atoms with Crippen molar-refractivity contribution in [1.82, 2.24) is 0 Å². The number of hydrogen-bond acceptors (Lipinski definition) is 6. The second-order valence-electron chi connectivity index (χ2n) is 16.7. The third-order valence-electron chi connectivity index (χ3n) is 10.4. The van der Waals surface area contributed by atoms with Crippen LogP contribution in [0.2, 0.25) is 0 Å². The van der Waals surface area contributed by atoms with Crippen LogP contribution in [0.25, 0.3) is 0 Å². The van der Waals surface area contributed by atoms with Gasteiger partial charge < -0.3 is 14.2 Å². The molecule has 0 aromatic carbocycles. The van der Waals surface area contributed by atoms with Gasteiger partial charge in [0.05, 0.1) is 0 Å². The molecule has 0 saturated carbocycles. The summed E-state index contributed by atoms with van der Waals surface area (Å²) in [5.41, 5.74) is 0. The Morgan fingerprint density at radius 3 is 1.09 bits per heavy atom. The topological polar surface area (TPSA) is 78.9 Å². The summed E-state index contributed by atoms with van der Waals surface area (Å²) in [5, 5.41) is 0. The summed E-state index contributed by atoms with van der Waals surface area (Å²) in [6.45, 7) is 6.27. The molecule has 0 N–H and O–H groups in total. The van der Waals surface area contributed by atoms with Crippen molar-refractivity contribution >= 4 is 17.9 Å². The van der Waals surface area contributed by atoms with Crippen LogP contribution in [0.15, 0.2) is 122 Å². The fourth-order valence-corrected chi connectivity index (χ4v) is 6.60. The molecule has 0 aliphatic rings. The first-order chi connectivity index (χ1) is 32.0. The summed E-state index contributed by atoms with van der Waals surface area (Å²) in [7, 11) is 0.